The molecule has 148 valence electrons. The van der Waals surface area contributed by atoms with E-state index in [-0.39, 0.29) is 11.7 Å². The molecule has 1 N–H and O–H groups in total. The van der Waals surface area contributed by atoms with Gasteiger partial charge in [-0.2, -0.15) is 0 Å². The van der Waals surface area contributed by atoms with E-state index in [4.69, 9.17) is 0 Å². The van der Waals surface area contributed by atoms with Crippen LogP contribution in [0.5, 0.6) is 0 Å². The molecule has 3 heterocycles. The number of piperazine rings is 1. The van der Waals surface area contributed by atoms with Crippen molar-refractivity contribution in [3.63, 3.8) is 0 Å². The van der Waals surface area contributed by atoms with E-state index in [1.807, 2.05) is 4.90 Å². The highest BCUT2D eigenvalue weighted by molar-refractivity contribution is 5.94. The van der Waals surface area contributed by atoms with Gasteiger partial charge in [0, 0.05) is 51.4 Å². The summed E-state index contributed by atoms with van der Waals surface area (Å²) in [6.45, 7) is 10.5. The second kappa shape index (κ2) is 7.76. The van der Waals surface area contributed by atoms with Gasteiger partial charge < -0.3 is 20.0 Å². The molecule has 6 heteroatoms. The molecule has 27 heavy (non-hydrogen) atoms. The summed E-state index contributed by atoms with van der Waals surface area (Å²) in [6.07, 6.45) is 3.31. The zero-order valence-corrected chi connectivity index (χ0v) is 16.3. The largest absolute Gasteiger partial charge is 0.367 e. The van der Waals surface area contributed by atoms with E-state index < -0.39 is 0 Å². The summed E-state index contributed by atoms with van der Waals surface area (Å²) in [5.41, 5.74) is 1.48. The van der Waals surface area contributed by atoms with Crippen LogP contribution in [0.4, 0.5) is 10.1 Å². The second-order valence-electron chi connectivity index (χ2n) is 8.31. The summed E-state index contributed by atoms with van der Waals surface area (Å²) in [7, 11) is 0. The minimum absolute atomic E-state index is 0.0305. The van der Waals surface area contributed by atoms with E-state index in [2.05, 4.69) is 22.0 Å². The van der Waals surface area contributed by atoms with Crippen molar-refractivity contribution in [1.82, 2.24) is 15.1 Å². The number of hydrogen-bond donors (Lipinski definition) is 1. The topological polar surface area (TPSA) is 38.8 Å². The number of halogens is 1. The molecule has 1 spiro atoms. The van der Waals surface area contributed by atoms with Crippen molar-refractivity contribution in [3.8, 4) is 0 Å². The minimum Gasteiger partial charge on any atom is -0.367 e. The third-order valence-corrected chi connectivity index (χ3v) is 6.80. The fraction of sp³-hybridized carbons (Fsp3) is 0.667. The van der Waals surface area contributed by atoms with Crippen molar-refractivity contribution in [3.05, 3.63) is 29.6 Å². The Balaban J connectivity index is 1.39. The number of carbonyl (C=O) groups excluding carboxylic acids is 1. The third-order valence-electron chi connectivity index (χ3n) is 6.80. The number of hydrogen-bond acceptors (Lipinski definition) is 4. The lowest BCUT2D eigenvalue weighted by molar-refractivity contribution is 0.0607. The average molecular weight is 375 g/mol. The van der Waals surface area contributed by atoms with Crippen LogP contribution in [0.3, 0.4) is 0 Å². The molecule has 0 aromatic heterocycles. The number of benzene rings is 1. The van der Waals surface area contributed by atoms with Crippen molar-refractivity contribution >= 4 is 11.6 Å². The molecule has 0 unspecified atom stereocenters. The van der Waals surface area contributed by atoms with Gasteiger partial charge in [0.05, 0.1) is 5.69 Å². The normalized spacial score (nSPS) is 23.2. The summed E-state index contributed by atoms with van der Waals surface area (Å²) in [5, 5.41) is 3.45. The summed E-state index contributed by atoms with van der Waals surface area (Å²) >= 11 is 0. The molecule has 0 bridgehead atoms. The molecular weight excluding hydrogens is 343 g/mol. The van der Waals surface area contributed by atoms with Gasteiger partial charge in [0.1, 0.15) is 5.82 Å². The number of anilines is 1. The van der Waals surface area contributed by atoms with Gasteiger partial charge in [0.25, 0.3) is 5.91 Å². The molecule has 1 aromatic rings. The van der Waals surface area contributed by atoms with E-state index in [0.29, 0.717) is 16.7 Å². The second-order valence-corrected chi connectivity index (χ2v) is 8.31. The van der Waals surface area contributed by atoms with Crippen LogP contribution in [-0.2, 0) is 0 Å². The first-order chi connectivity index (χ1) is 13.1. The molecule has 0 saturated carbocycles. The molecule has 0 radical (unpaired) electrons. The Kier molecular flexibility index (Phi) is 5.37. The highest BCUT2D eigenvalue weighted by Gasteiger charge is 2.38. The van der Waals surface area contributed by atoms with Gasteiger partial charge in [-0.1, -0.05) is 6.92 Å². The minimum atomic E-state index is -0.278. The van der Waals surface area contributed by atoms with E-state index in [0.717, 1.165) is 71.7 Å². The van der Waals surface area contributed by atoms with Crippen LogP contribution in [0.2, 0.25) is 0 Å². The number of likely N-dealkylation sites (N-methyl/N-ethyl adjacent to an activating group) is 1. The molecule has 3 aliphatic rings. The van der Waals surface area contributed by atoms with Crippen molar-refractivity contribution in [1.29, 1.82) is 0 Å². The van der Waals surface area contributed by atoms with Gasteiger partial charge in [0.2, 0.25) is 0 Å². The van der Waals surface area contributed by atoms with Gasteiger partial charge in [-0.15, -0.1) is 0 Å². The van der Waals surface area contributed by atoms with E-state index in [9.17, 15) is 9.18 Å². The first-order valence-electron chi connectivity index (χ1n) is 10.4. The Morgan fingerprint density at radius 1 is 1.11 bits per heavy atom. The monoisotopic (exact) mass is 374 g/mol. The third kappa shape index (κ3) is 3.83. The first-order valence-corrected chi connectivity index (χ1v) is 10.4. The summed E-state index contributed by atoms with van der Waals surface area (Å²) in [6, 6.07) is 5.02. The number of piperidine rings is 1. The Bertz CT molecular complexity index is 671. The highest BCUT2D eigenvalue weighted by atomic mass is 19.1. The number of likely N-dealkylation sites (tertiary alicyclic amines) is 1. The van der Waals surface area contributed by atoms with Crippen LogP contribution in [-0.4, -0.2) is 74.6 Å². The van der Waals surface area contributed by atoms with Gasteiger partial charge in [-0.25, -0.2) is 4.39 Å². The SMILES string of the molecule is CCN1CCN(c2ccc(C(=O)N3CCC4(CCNC4)CC3)cc2F)CC1. The molecule has 3 aliphatic heterocycles. The lowest BCUT2D eigenvalue weighted by atomic mass is 9.78. The predicted octanol–water partition coefficient (Wildman–Crippen LogP) is 2.18. The number of carbonyl (C=O) groups is 1. The van der Waals surface area contributed by atoms with Crippen molar-refractivity contribution < 1.29 is 9.18 Å². The van der Waals surface area contributed by atoms with Crippen LogP contribution in [0.15, 0.2) is 18.2 Å². The Labute approximate surface area is 161 Å². The van der Waals surface area contributed by atoms with Crippen LogP contribution in [0.1, 0.15) is 36.5 Å². The maximum atomic E-state index is 14.7. The van der Waals surface area contributed by atoms with Gasteiger partial charge in [-0.3, -0.25) is 4.79 Å². The van der Waals surface area contributed by atoms with Crippen molar-refractivity contribution in [2.24, 2.45) is 5.41 Å². The molecule has 3 saturated heterocycles. The maximum absolute atomic E-state index is 14.7. The number of nitrogens with zero attached hydrogens (tertiary/aromatic N) is 3. The lowest BCUT2D eigenvalue weighted by Crippen LogP contribution is -2.46. The predicted molar refractivity (Wildman–Crippen MR) is 106 cm³/mol. The molecule has 3 fully saturated rings. The molecule has 4 rings (SSSR count). The summed E-state index contributed by atoms with van der Waals surface area (Å²) < 4.78 is 14.7. The molecule has 0 aliphatic carbocycles. The lowest BCUT2D eigenvalue weighted by Gasteiger charge is -2.39. The van der Waals surface area contributed by atoms with Crippen LogP contribution in [0, 0.1) is 11.2 Å². The van der Waals surface area contributed by atoms with Crippen molar-refractivity contribution in [2.45, 2.75) is 26.2 Å². The number of amides is 1. The summed E-state index contributed by atoms with van der Waals surface area (Å²) in [4.78, 5) is 19.2. The molecule has 0 atom stereocenters. The summed E-state index contributed by atoms with van der Waals surface area (Å²) in [5.74, 6) is -0.309. The number of rotatable bonds is 3. The standard InChI is InChI=1S/C21H31FN4O/c1-2-24-11-13-25(14-12-24)19-4-3-17(15-18(19)22)20(27)26-9-6-21(7-10-26)5-8-23-16-21/h3-4,15,23H,2,5-14,16H2,1H3. The smallest absolute Gasteiger partial charge is 0.253 e. The van der Waals surface area contributed by atoms with Crippen LogP contribution >= 0.6 is 0 Å². The number of nitrogens with one attached hydrogen (secondary N) is 1. The van der Waals surface area contributed by atoms with Crippen molar-refractivity contribution in [2.75, 3.05) is 63.8 Å². The zero-order chi connectivity index (χ0) is 18.9. The van der Waals surface area contributed by atoms with Gasteiger partial charge in [-0.05, 0) is 56.0 Å². The highest BCUT2D eigenvalue weighted by Crippen LogP contribution is 2.37. The Morgan fingerprint density at radius 3 is 2.44 bits per heavy atom. The molecule has 1 aromatic carbocycles. The molecule has 1 amide bonds. The van der Waals surface area contributed by atoms with E-state index >= 15 is 0 Å². The zero-order valence-electron chi connectivity index (χ0n) is 16.3. The fourth-order valence-electron chi connectivity index (χ4n) is 4.79. The van der Waals surface area contributed by atoms with Crippen LogP contribution in [0.25, 0.3) is 0 Å². The first kappa shape index (κ1) is 18.7. The Morgan fingerprint density at radius 2 is 1.85 bits per heavy atom. The maximum Gasteiger partial charge on any atom is 0.253 e. The Hall–Kier alpha value is -1.66. The van der Waals surface area contributed by atoms with E-state index in [1.54, 1.807) is 12.1 Å². The average Bonchev–Trinajstić information content (AvgIpc) is 3.16. The fourth-order valence-corrected chi connectivity index (χ4v) is 4.79. The van der Waals surface area contributed by atoms with Gasteiger partial charge in [0.15, 0.2) is 0 Å². The molecular formula is C21H31FN4O. The van der Waals surface area contributed by atoms with Crippen LogP contribution < -0.4 is 10.2 Å². The molecule has 5 nitrogen and oxygen atoms in total. The quantitative estimate of drug-likeness (QED) is 0.880. The van der Waals surface area contributed by atoms with E-state index in [1.165, 1.54) is 12.5 Å². The van der Waals surface area contributed by atoms with Gasteiger partial charge >= 0.3 is 0 Å².